The number of nitrogens with one attached hydrogen (secondary N) is 2. The maximum Gasteiger partial charge on any atom is 0.191 e. The first-order valence-corrected chi connectivity index (χ1v) is 6.96. The van der Waals surface area contributed by atoms with Crippen LogP contribution in [0.15, 0.2) is 23.2 Å². The molecule has 0 amide bonds. The molecule has 2 rings (SSSR count). The van der Waals surface area contributed by atoms with Crippen LogP contribution in [0.1, 0.15) is 37.0 Å². The zero-order valence-electron chi connectivity index (χ0n) is 11.4. The molecule has 0 bridgehead atoms. The van der Waals surface area contributed by atoms with Crippen LogP contribution in [0.3, 0.4) is 0 Å². The zero-order chi connectivity index (χ0) is 12.8. The minimum atomic E-state index is 0.753. The van der Waals surface area contributed by atoms with Crippen molar-refractivity contribution in [3.8, 4) is 0 Å². The minimum Gasteiger partial charge on any atom is -0.357 e. The number of fused-ring (bicyclic) bond motifs is 1. The van der Waals surface area contributed by atoms with Crippen LogP contribution in [-0.4, -0.2) is 19.0 Å². The summed E-state index contributed by atoms with van der Waals surface area (Å²) >= 11 is 0. The van der Waals surface area contributed by atoms with Crippen LogP contribution >= 0.6 is 0 Å². The Hall–Kier alpha value is -1.51. The molecule has 1 aliphatic carbocycles. The van der Waals surface area contributed by atoms with E-state index in [4.69, 9.17) is 0 Å². The number of aliphatic imine (C=N–C) groups is 1. The molecule has 3 heteroatoms. The molecule has 1 aromatic carbocycles. The van der Waals surface area contributed by atoms with E-state index in [0.717, 1.165) is 25.6 Å². The van der Waals surface area contributed by atoms with Crippen molar-refractivity contribution >= 4 is 5.96 Å². The van der Waals surface area contributed by atoms with E-state index < -0.39 is 0 Å². The molecule has 1 aromatic rings. The highest BCUT2D eigenvalue weighted by Gasteiger charge is 2.10. The van der Waals surface area contributed by atoms with Gasteiger partial charge in [0.1, 0.15) is 0 Å². The molecule has 0 heterocycles. The molecule has 0 saturated carbocycles. The van der Waals surface area contributed by atoms with Gasteiger partial charge in [0, 0.05) is 13.1 Å². The number of guanidine groups is 1. The zero-order valence-corrected chi connectivity index (χ0v) is 11.4. The third kappa shape index (κ3) is 3.25. The van der Waals surface area contributed by atoms with Crippen LogP contribution in [0, 0.1) is 0 Å². The maximum absolute atomic E-state index is 4.59. The van der Waals surface area contributed by atoms with Gasteiger partial charge in [-0.25, -0.2) is 4.99 Å². The fraction of sp³-hybridized carbons (Fsp3) is 0.533. The standard InChI is InChI=1S/C15H23N3/c1-3-16-15(17-4-2)18-11-12-8-9-13-6-5-7-14(13)10-12/h8-10H,3-7,11H2,1-2H3,(H2,16,17,18). The molecule has 0 aliphatic heterocycles. The van der Waals surface area contributed by atoms with Gasteiger partial charge in [0.2, 0.25) is 0 Å². The first-order valence-electron chi connectivity index (χ1n) is 6.96. The van der Waals surface area contributed by atoms with Crippen LogP contribution in [0.4, 0.5) is 0 Å². The lowest BCUT2D eigenvalue weighted by atomic mass is 10.1. The average molecular weight is 245 g/mol. The molecule has 0 spiro atoms. The highest BCUT2D eigenvalue weighted by molar-refractivity contribution is 5.79. The topological polar surface area (TPSA) is 36.4 Å². The van der Waals surface area contributed by atoms with E-state index in [-0.39, 0.29) is 0 Å². The number of nitrogens with zero attached hydrogens (tertiary/aromatic N) is 1. The number of hydrogen-bond acceptors (Lipinski definition) is 1. The molecule has 1 aliphatic rings. The summed E-state index contributed by atoms with van der Waals surface area (Å²) in [7, 11) is 0. The molecular weight excluding hydrogens is 222 g/mol. The number of rotatable bonds is 4. The first-order chi connectivity index (χ1) is 8.83. The highest BCUT2D eigenvalue weighted by atomic mass is 15.2. The van der Waals surface area contributed by atoms with Gasteiger partial charge in [-0.1, -0.05) is 18.2 Å². The Labute approximate surface area is 110 Å². The molecule has 0 radical (unpaired) electrons. The van der Waals surface area contributed by atoms with E-state index in [9.17, 15) is 0 Å². The summed E-state index contributed by atoms with van der Waals surface area (Å²) in [5.41, 5.74) is 4.36. The monoisotopic (exact) mass is 245 g/mol. The van der Waals surface area contributed by atoms with Gasteiger partial charge in [-0.3, -0.25) is 0 Å². The summed E-state index contributed by atoms with van der Waals surface area (Å²) < 4.78 is 0. The lowest BCUT2D eigenvalue weighted by molar-refractivity contribution is 0.839. The Morgan fingerprint density at radius 3 is 2.56 bits per heavy atom. The first kappa shape index (κ1) is 12.9. The lowest BCUT2D eigenvalue weighted by Crippen LogP contribution is -2.36. The predicted octanol–water partition coefficient (Wildman–Crippen LogP) is 2.25. The number of aryl methyl sites for hydroxylation is 2. The summed E-state index contributed by atoms with van der Waals surface area (Å²) in [5, 5.41) is 6.49. The number of hydrogen-bond donors (Lipinski definition) is 2. The van der Waals surface area contributed by atoms with Gasteiger partial charge in [-0.05, 0) is 49.8 Å². The molecule has 2 N–H and O–H groups in total. The summed E-state index contributed by atoms with van der Waals surface area (Å²) in [6.07, 6.45) is 3.79. The molecule has 0 aromatic heterocycles. The molecular formula is C15H23N3. The second-order valence-electron chi connectivity index (χ2n) is 4.68. The Bertz CT molecular complexity index is 416. The van der Waals surface area contributed by atoms with E-state index >= 15 is 0 Å². The third-order valence-electron chi connectivity index (χ3n) is 3.27. The second-order valence-corrected chi connectivity index (χ2v) is 4.68. The third-order valence-corrected chi connectivity index (χ3v) is 3.27. The fourth-order valence-electron chi connectivity index (χ4n) is 2.40. The van der Waals surface area contributed by atoms with Crippen molar-refractivity contribution in [3.63, 3.8) is 0 Å². The quantitative estimate of drug-likeness (QED) is 0.630. The maximum atomic E-state index is 4.59. The minimum absolute atomic E-state index is 0.753. The summed E-state index contributed by atoms with van der Waals surface area (Å²) in [6.45, 7) is 6.72. The van der Waals surface area contributed by atoms with Gasteiger partial charge in [0.25, 0.3) is 0 Å². The van der Waals surface area contributed by atoms with E-state index in [1.807, 2.05) is 0 Å². The van der Waals surface area contributed by atoms with Crippen LogP contribution in [-0.2, 0) is 19.4 Å². The van der Waals surface area contributed by atoms with Crippen LogP contribution in [0.2, 0.25) is 0 Å². The van der Waals surface area contributed by atoms with E-state index in [1.54, 1.807) is 0 Å². The Kier molecular flexibility index (Phi) is 4.62. The van der Waals surface area contributed by atoms with Gasteiger partial charge in [0.15, 0.2) is 5.96 Å². The van der Waals surface area contributed by atoms with Crippen LogP contribution < -0.4 is 10.6 Å². The Morgan fingerprint density at radius 2 is 1.83 bits per heavy atom. The van der Waals surface area contributed by atoms with Crippen LogP contribution in [0.25, 0.3) is 0 Å². The summed E-state index contributed by atoms with van der Waals surface area (Å²) in [5.74, 6) is 0.903. The molecule has 3 nitrogen and oxygen atoms in total. The van der Waals surface area contributed by atoms with Crippen molar-refractivity contribution in [2.75, 3.05) is 13.1 Å². The van der Waals surface area contributed by atoms with Gasteiger partial charge in [0.05, 0.1) is 6.54 Å². The second kappa shape index (κ2) is 6.43. The smallest absolute Gasteiger partial charge is 0.191 e. The normalized spacial score (nSPS) is 13.0. The van der Waals surface area contributed by atoms with Crippen molar-refractivity contribution in [1.82, 2.24) is 10.6 Å². The van der Waals surface area contributed by atoms with Crippen molar-refractivity contribution in [2.24, 2.45) is 4.99 Å². The van der Waals surface area contributed by atoms with Gasteiger partial charge in [-0.15, -0.1) is 0 Å². The largest absolute Gasteiger partial charge is 0.357 e. The summed E-state index contributed by atoms with van der Waals surface area (Å²) in [6, 6.07) is 6.80. The van der Waals surface area contributed by atoms with Gasteiger partial charge >= 0.3 is 0 Å². The fourth-order valence-corrected chi connectivity index (χ4v) is 2.40. The molecule has 0 saturated heterocycles. The van der Waals surface area contributed by atoms with Crippen molar-refractivity contribution in [1.29, 1.82) is 0 Å². The van der Waals surface area contributed by atoms with Crippen molar-refractivity contribution < 1.29 is 0 Å². The van der Waals surface area contributed by atoms with Crippen LogP contribution in [0.5, 0.6) is 0 Å². The summed E-state index contributed by atoms with van der Waals surface area (Å²) in [4.78, 5) is 4.59. The SMILES string of the molecule is CCNC(=NCc1ccc2c(c1)CCC2)NCC. The van der Waals surface area contributed by atoms with Gasteiger partial charge < -0.3 is 10.6 Å². The molecule has 0 atom stereocenters. The molecule has 98 valence electrons. The van der Waals surface area contributed by atoms with E-state index in [1.165, 1.54) is 36.0 Å². The molecule has 18 heavy (non-hydrogen) atoms. The molecule has 0 fully saturated rings. The highest BCUT2D eigenvalue weighted by Crippen LogP contribution is 2.22. The van der Waals surface area contributed by atoms with Crippen molar-refractivity contribution in [3.05, 3.63) is 34.9 Å². The Balaban J connectivity index is 2.02. The Morgan fingerprint density at radius 1 is 1.11 bits per heavy atom. The van der Waals surface area contributed by atoms with Gasteiger partial charge in [-0.2, -0.15) is 0 Å². The van der Waals surface area contributed by atoms with Crippen molar-refractivity contribution in [2.45, 2.75) is 39.7 Å². The lowest BCUT2D eigenvalue weighted by Gasteiger charge is -2.09. The van der Waals surface area contributed by atoms with E-state index in [0.29, 0.717) is 0 Å². The van der Waals surface area contributed by atoms with E-state index in [2.05, 4.69) is 47.7 Å². The number of benzene rings is 1. The predicted molar refractivity (Wildman–Crippen MR) is 77.0 cm³/mol. The molecule has 0 unspecified atom stereocenters. The average Bonchev–Trinajstić information content (AvgIpc) is 2.84.